The van der Waals surface area contributed by atoms with E-state index in [4.69, 9.17) is 11.5 Å². The number of rotatable bonds is 5. The third-order valence-electron chi connectivity index (χ3n) is 7.50. The van der Waals surface area contributed by atoms with E-state index in [9.17, 15) is 4.79 Å². The molecule has 4 nitrogen and oxygen atoms in total. The number of carbonyl (C=O) groups excluding carboxylic acids is 1. The Labute approximate surface area is 174 Å². The van der Waals surface area contributed by atoms with Crippen LogP contribution in [0.4, 0.5) is 0 Å². The van der Waals surface area contributed by atoms with Gasteiger partial charge in [0.15, 0.2) is 0 Å². The number of amides is 1. The van der Waals surface area contributed by atoms with E-state index in [1.54, 1.807) is 6.07 Å². The molecule has 2 aromatic rings. The fourth-order valence-electron chi connectivity index (χ4n) is 5.26. The molecule has 154 valence electrons. The number of benzene rings is 2. The molecule has 1 fully saturated rings. The minimum Gasteiger partial charge on any atom is -0.366 e. The zero-order valence-electron chi connectivity index (χ0n) is 17.7. The van der Waals surface area contributed by atoms with Crippen LogP contribution in [0, 0.1) is 5.92 Å². The summed E-state index contributed by atoms with van der Waals surface area (Å²) in [6.45, 7) is 7.82. The molecule has 1 aliphatic carbocycles. The number of primary amides is 1. The molecule has 4 N–H and O–H groups in total. The van der Waals surface area contributed by atoms with Crippen LogP contribution in [0.3, 0.4) is 0 Å². The smallest absolute Gasteiger partial charge is 0.248 e. The number of piperidine rings is 1. The maximum Gasteiger partial charge on any atom is 0.248 e. The van der Waals surface area contributed by atoms with Gasteiger partial charge >= 0.3 is 0 Å². The van der Waals surface area contributed by atoms with Crippen LogP contribution in [0.2, 0.25) is 0 Å². The number of likely N-dealkylation sites (tertiary alicyclic amines) is 1. The lowest BCUT2D eigenvalue weighted by Crippen LogP contribution is -2.50. The summed E-state index contributed by atoms with van der Waals surface area (Å²) in [5.74, 6) is 0.139. The van der Waals surface area contributed by atoms with Gasteiger partial charge in [-0.1, -0.05) is 50.2 Å². The van der Waals surface area contributed by atoms with Crippen LogP contribution >= 0.6 is 0 Å². The average Bonchev–Trinajstić information content (AvgIpc) is 3.05. The van der Waals surface area contributed by atoms with Gasteiger partial charge in [-0.25, -0.2) is 0 Å². The lowest BCUT2D eigenvalue weighted by Gasteiger charge is -2.45. The molecule has 1 aliphatic heterocycles. The molecule has 0 saturated carbocycles. The maximum atomic E-state index is 11.6. The third-order valence-corrected chi connectivity index (χ3v) is 7.50. The third kappa shape index (κ3) is 3.96. The maximum absolute atomic E-state index is 11.6. The molecule has 1 saturated heterocycles. The van der Waals surface area contributed by atoms with Crippen LogP contribution in [0.1, 0.15) is 53.7 Å². The lowest BCUT2D eigenvalue weighted by molar-refractivity contribution is 0.0995. The number of fused-ring (bicyclic) bond motifs is 1. The highest BCUT2D eigenvalue weighted by molar-refractivity contribution is 5.92. The lowest BCUT2D eigenvalue weighted by atomic mass is 9.67. The summed E-state index contributed by atoms with van der Waals surface area (Å²) in [4.78, 5) is 14.2. The van der Waals surface area contributed by atoms with Gasteiger partial charge in [0.1, 0.15) is 0 Å². The Kier molecular flexibility index (Phi) is 5.26. The Hall–Kier alpha value is -2.17. The molecule has 0 spiro atoms. The molecule has 2 atom stereocenters. The SMILES string of the molecule is C[C@H]1CN(CCC2(N)Cc3ccccc3C2)CC[C@@]1(C)c1cccc(C(N)=O)c1. The fourth-order valence-corrected chi connectivity index (χ4v) is 5.26. The summed E-state index contributed by atoms with van der Waals surface area (Å²) in [6, 6.07) is 16.6. The highest BCUT2D eigenvalue weighted by Gasteiger charge is 2.39. The highest BCUT2D eigenvalue weighted by atomic mass is 16.1. The summed E-state index contributed by atoms with van der Waals surface area (Å²) >= 11 is 0. The van der Waals surface area contributed by atoms with Crippen molar-refractivity contribution in [3.05, 3.63) is 70.8 Å². The van der Waals surface area contributed by atoms with Crippen molar-refractivity contribution in [2.75, 3.05) is 19.6 Å². The molecule has 0 unspecified atom stereocenters. The van der Waals surface area contributed by atoms with Crippen molar-refractivity contribution in [2.45, 2.75) is 50.5 Å². The zero-order chi connectivity index (χ0) is 20.6. The molecule has 29 heavy (non-hydrogen) atoms. The summed E-state index contributed by atoms with van der Waals surface area (Å²) in [5.41, 5.74) is 16.9. The van der Waals surface area contributed by atoms with E-state index in [2.05, 4.69) is 49.1 Å². The Morgan fingerprint density at radius 1 is 1.14 bits per heavy atom. The second-order valence-electron chi connectivity index (χ2n) is 9.55. The summed E-state index contributed by atoms with van der Waals surface area (Å²) < 4.78 is 0. The number of carbonyl (C=O) groups is 1. The van der Waals surface area contributed by atoms with Crippen molar-refractivity contribution >= 4 is 5.91 Å². The monoisotopic (exact) mass is 391 g/mol. The van der Waals surface area contributed by atoms with Crippen molar-refractivity contribution in [1.82, 2.24) is 4.90 Å². The molecular weight excluding hydrogens is 358 g/mol. The van der Waals surface area contributed by atoms with Crippen molar-refractivity contribution < 1.29 is 4.79 Å². The molecule has 4 heteroatoms. The quantitative estimate of drug-likeness (QED) is 0.822. The predicted molar refractivity (Wildman–Crippen MR) is 118 cm³/mol. The molecule has 1 amide bonds. The van der Waals surface area contributed by atoms with Gasteiger partial charge in [0, 0.05) is 17.6 Å². The van der Waals surface area contributed by atoms with Crippen molar-refractivity contribution in [3.8, 4) is 0 Å². The summed E-state index contributed by atoms with van der Waals surface area (Å²) in [6.07, 6.45) is 4.09. The Balaban J connectivity index is 1.38. The Bertz CT molecular complexity index is 883. The van der Waals surface area contributed by atoms with E-state index in [0.29, 0.717) is 11.5 Å². The summed E-state index contributed by atoms with van der Waals surface area (Å²) in [5, 5.41) is 0. The molecule has 4 rings (SSSR count). The zero-order valence-corrected chi connectivity index (χ0v) is 17.7. The number of nitrogens with two attached hydrogens (primary N) is 2. The molecule has 0 bridgehead atoms. The van der Waals surface area contributed by atoms with Gasteiger partial charge in [-0.05, 0) is 78.9 Å². The van der Waals surface area contributed by atoms with E-state index in [1.165, 1.54) is 16.7 Å². The first kappa shape index (κ1) is 20.1. The van der Waals surface area contributed by atoms with Gasteiger partial charge < -0.3 is 16.4 Å². The van der Waals surface area contributed by atoms with Gasteiger partial charge in [0.05, 0.1) is 0 Å². The normalized spacial score (nSPS) is 26.2. The molecule has 2 aromatic carbocycles. The van der Waals surface area contributed by atoms with Crippen LogP contribution in [-0.4, -0.2) is 36.0 Å². The standard InChI is InChI=1S/C25H33N3O/c1-18-17-28(13-11-25(27)15-20-6-3-4-7-21(20)16-25)12-10-24(18,2)22-9-5-8-19(14-22)23(26)29/h3-9,14,18H,10-13,15-17,27H2,1-2H3,(H2,26,29)/t18-,24+/m0/s1. The van der Waals surface area contributed by atoms with Gasteiger partial charge in [0.2, 0.25) is 5.91 Å². The van der Waals surface area contributed by atoms with E-state index in [1.807, 2.05) is 12.1 Å². The van der Waals surface area contributed by atoms with Crippen molar-refractivity contribution in [1.29, 1.82) is 0 Å². The fraction of sp³-hybridized carbons (Fsp3) is 0.480. The van der Waals surface area contributed by atoms with Crippen LogP contribution in [0.25, 0.3) is 0 Å². The van der Waals surface area contributed by atoms with Gasteiger partial charge in [-0.3, -0.25) is 4.79 Å². The summed E-state index contributed by atoms with van der Waals surface area (Å²) in [7, 11) is 0. The number of nitrogens with zero attached hydrogens (tertiary/aromatic N) is 1. The van der Waals surface area contributed by atoms with E-state index in [-0.39, 0.29) is 16.9 Å². The van der Waals surface area contributed by atoms with Gasteiger partial charge in [0.25, 0.3) is 0 Å². The molecular formula is C25H33N3O. The Morgan fingerprint density at radius 3 is 2.45 bits per heavy atom. The first-order valence-corrected chi connectivity index (χ1v) is 10.8. The van der Waals surface area contributed by atoms with Crippen LogP contribution in [-0.2, 0) is 18.3 Å². The first-order chi connectivity index (χ1) is 13.8. The van der Waals surface area contributed by atoms with Crippen molar-refractivity contribution in [2.24, 2.45) is 17.4 Å². The van der Waals surface area contributed by atoms with Gasteiger partial charge in [-0.15, -0.1) is 0 Å². The molecule has 2 aliphatic rings. The highest BCUT2D eigenvalue weighted by Crippen LogP contribution is 2.40. The average molecular weight is 392 g/mol. The second-order valence-corrected chi connectivity index (χ2v) is 9.55. The molecule has 0 aromatic heterocycles. The predicted octanol–water partition coefficient (Wildman–Crippen LogP) is 3.27. The van der Waals surface area contributed by atoms with Crippen LogP contribution < -0.4 is 11.5 Å². The first-order valence-electron chi connectivity index (χ1n) is 10.8. The van der Waals surface area contributed by atoms with Crippen LogP contribution in [0.5, 0.6) is 0 Å². The second kappa shape index (κ2) is 7.58. The topological polar surface area (TPSA) is 72.3 Å². The van der Waals surface area contributed by atoms with Crippen molar-refractivity contribution in [3.63, 3.8) is 0 Å². The molecule has 0 radical (unpaired) electrons. The van der Waals surface area contributed by atoms with Gasteiger partial charge in [-0.2, -0.15) is 0 Å². The minimum absolute atomic E-state index is 0.0615. The van der Waals surface area contributed by atoms with E-state index >= 15 is 0 Å². The molecule has 1 heterocycles. The number of hydrogen-bond donors (Lipinski definition) is 2. The Morgan fingerprint density at radius 2 is 1.83 bits per heavy atom. The van der Waals surface area contributed by atoms with E-state index < -0.39 is 0 Å². The minimum atomic E-state index is -0.355. The van der Waals surface area contributed by atoms with Crippen LogP contribution in [0.15, 0.2) is 48.5 Å². The number of hydrogen-bond acceptors (Lipinski definition) is 3. The van der Waals surface area contributed by atoms with E-state index in [0.717, 1.165) is 45.3 Å². The largest absolute Gasteiger partial charge is 0.366 e.